The van der Waals surface area contributed by atoms with Gasteiger partial charge in [0.2, 0.25) is 0 Å². The number of esters is 5. The number of ether oxygens (including phenoxy) is 10. The zero-order valence-electron chi connectivity index (χ0n) is 42.2. The van der Waals surface area contributed by atoms with Crippen LogP contribution in [0.2, 0.25) is 0 Å². The Bertz CT molecular complexity index is 2340. The minimum absolute atomic E-state index is 0.0704. The zero-order valence-corrected chi connectivity index (χ0v) is 42.2. The van der Waals surface area contributed by atoms with Gasteiger partial charge in [-0.15, -0.1) is 0 Å². The molecule has 0 saturated carbocycles. The molecule has 0 fully saturated rings. The lowest BCUT2D eigenvalue weighted by atomic mass is 10.0. The molecule has 0 heterocycles. The van der Waals surface area contributed by atoms with Crippen molar-refractivity contribution < 1.29 is 80.9 Å². The molecule has 2 atom stereocenters. The number of nitrogens with one attached hydrogen (secondary N) is 2. The highest BCUT2D eigenvalue weighted by molar-refractivity contribution is 5.97. The van der Waals surface area contributed by atoms with Crippen LogP contribution in [0.4, 0.5) is 0 Å². The maximum Gasteiger partial charge on any atom is 0.328 e. The van der Waals surface area contributed by atoms with Crippen molar-refractivity contribution in [2.45, 2.75) is 71.4 Å². The van der Waals surface area contributed by atoms with E-state index >= 15 is 0 Å². The normalized spacial score (nSPS) is 11.4. The minimum Gasteiger partial charge on any atom is -0.497 e. The smallest absolute Gasteiger partial charge is 0.328 e. The van der Waals surface area contributed by atoms with Crippen LogP contribution in [0, 0.1) is 0 Å². The number of benzene rings is 4. The molecular formula is C54H66N2O17. The summed E-state index contributed by atoms with van der Waals surface area (Å²) in [5.41, 5.74) is 2.09. The number of methoxy groups -OCH3 is 3. The van der Waals surface area contributed by atoms with Crippen LogP contribution >= 0.6 is 0 Å². The van der Waals surface area contributed by atoms with E-state index in [9.17, 15) is 33.6 Å². The average Bonchev–Trinajstić information content (AvgIpc) is 3.38. The molecule has 0 radical (unpaired) electrons. The first-order valence-electron chi connectivity index (χ1n) is 23.6. The van der Waals surface area contributed by atoms with Crippen LogP contribution in [0.3, 0.4) is 0 Å². The molecule has 4 rings (SSSR count). The number of hydrogen-bond donors (Lipinski definition) is 2. The quantitative estimate of drug-likeness (QED) is 0.0191. The van der Waals surface area contributed by atoms with Gasteiger partial charge in [0.25, 0.3) is 11.8 Å². The maximum absolute atomic E-state index is 13.0. The Kier molecular flexibility index (Phi) is 28.4. The minimum atomic E-state index is -0.964. The number of carbonyl (C=O) groups excluding carboxylic acids is 7. The van der Waals surface area contributed by atoms with E-state index in [1.807, 2.05) is 6.92 Å². The van der Waals surface area contributed by atoms with Gasteiger partial charge >= 0.3 is 29.8 Å². The maximum atomic E-state index is 13.0. The molecule has 0 saturated heterocycles. The summed E-state index contributed by atoms with van der Waals surface area (Å²) in [6.07, 6.45) is 4.77. The van der Waals surface area contributed by atoms with Crippen LogP contribution < -0.4 is 29.6 Å². The van der Waals surface area contributed by atoms with E-state index in [2.05, 4.69) is 15.4 Å². The van der Waals surface area contributed by atoms with Gasteiger partial charge in [-0.2, -0.15) is 0 Å². The van der Waals surface area contributed by atoms with Gasteiger partial charge in [0, 0.05) is 50.8 Å². The van der Waals surface area contributed by atoms with Gasteiger partial charge in [0.1, 0.15) is 41.7 Å². The first-order valence-corrected chi connectivity index (χ1v) is 23.6. The largest absolute Gasteiger partial charge is 0.497 e. The van der Waals surface area contributed by atoms with E-state index in [0.717, 1.165) is 5.56 Å². The van der Waals surface area contributed by atoms with E-state index in [1.165, 1.54) is 27.4 Å². The summed E-state index contributed by atoms with van der Waals surface area (Å²) in [5.74, 6) is -1.46. The first-order chi connectivity index (χ1) is 35.3. The molecule has 19 heteroatoms. The highest BCUT2D eigenvalue weighted by Crippen LogP contribution is 2.19. The second-order valence-electron chi connectivity index (χ2n) is 15.6. The van der Waals surface area contributed by atoms with Gasteiger partial charge in [-0.25, -0.2) is 9.59 Å². The number of amides is 2. The molecular weight excluding hydrogens is 949 g/mol. The number of allylic oxidation sites excluding steroid dienone is 1. The van der Waals surface area contributed by atoms with Crippen molar-refractivity contribution in [1.29, 1.82) is 0 Å². The molecule has 0 aliphatic carbocycles. The van der Waals surface area contributed by atoms with Gasteiger partial charge in [0.05, 0.1) is 60.1 Å². The van der Waals surface area contributed by atoms with Gasteiger partial charge in [-0.1, -0.05) is 31.2 Å². The fraction of sp³-hybridized carbons (Fsp3) is 0.389. The molecule has 0 aliphatic heterocycles. The topological polar surface area (TPSA) is 236 Å². The Morgan fingerprint density at radius 1 is 0.534 bits per heavy atom. The Balaban J connectivity index is 0.000000872. The van der Waals surface area contributed by atoms with Crippen LogP contribution in [0.15, 0.2) is 109 Å². The Morgan fingerprint density at radius 3 is 1.47 bits per heavy atom. The molecule has 19 nitrogen and oxygen atoms in total. The monoisotopic (exact) mass is 1010 g/mol. The summed E-state index contributed by atoms with van der Waals surface area (Å²) in [5, 5.41) is 5.43. The highest BCUT2D eigenvalue weighted by atomic mass is 16.6. The second kappa shape index (κ2) is 34.7. The summed E-state index contributed by atoms with van der Waals surface area (Å²) >= 11 is 0. The van der Waals surface area contributed by atoms with Crippen molar-refractivity contribution >= 4 is 41.7 Å². The van der Waals surface area contributed by atoms with Crippen molar-refractivity contribution in [3.63, 3.8) is 0 Å². The van der Waals surface area contributed by atoms with Gasteiger partial charge in [0.15, 0.2) is 0 Å². The van der Waals surface area contributed by atoms with Crippen LogP contribution in [0.25, 0.3) is 0 Å². The Hall–Kier alpha value is -7.61. The van der Waals surface area contributed by atoms with E-state index in [4.69, 9.17) is 42.6 Å². The van der Waals surface area contributed by atoms with Crippen molar-refractivity contribution in [2.75, 3.05) is 67.6 Å². The molecule has 2 amide bonds. The van der Waals surface area contributed by atoms with E-state index in [-0.39, 0.29) is 37.8 Å². The number of hydrogen-bond acceptors (Lipinski definition) is 17. The van der Waals surface area contributed by atoms with Gasteiger partial charge in [-0.05, 0) is 110 Å². The molecule has 2 unspecified atom stereocenters. The fourth-order valence-electron chi connectivity index (χ4n) is 6.21. The summed E-state index contributed by atoms with van der Waals surface area (Å²) in [6, 6.07) is 24.1. The molecule has 0 aliphatic rings. The molecule has 0 bridgehead atoms. The van der Waals surface area contributed by atoms with Crippen molar-refractivity contribution in [3.8, 4) is 23.0 Å². The van der Waals surface area contributed by atoms with Gasteiger partial charge in [-0.3, -0.25) is 24.0 Å². The summed E-state index contributed by atoms with van der Waals surface area (Å²) in [4.78, 5) is 85.6. The highest BCUT2D eigenvalue weighted by Gasteiger charge is 2.25. The molecule has 394 valence electrons. The molecule has 4 aromatic rings. The first kappa shape index (κ1) is 59.7. The van der Waals surface area contributed by atoms with Crippen molar-refractivity contribution in [1.82, 2.24) is 10.6 Å². The third kappa shape index (κ3) is 24.4. The second-order valence-corrected chi connectivity index (χ2v) is 15.6. The predicted molar refractivity (Wildman–Crippen MR) is 266 cm³/mol. The lowest BCUT2D eigenvalue weighted by Gasteiger charge is -2.18. The molecule has 2 N–H and O–H groups in total. The zero-order chi connectivity index (χ0) is 53.2. The fourth-order valence-corrected chi connectivity index (χ4v) is 6.21. The molecule has 73 heavy (non-hydrogen) atoms. The summed E-state index contributed by atoms with van der Waals surface area (Å²) in [7, 11) is 4.39. The summed E-state index contributed by atoms with van der Waals surface area (Å²) < 4.78 is 51.2. The van der Waals surface area contributed by atoms with Crippen LogP contribution in [-0.2, 0) is 65.2 Å². The van der Waals surface area contributed by atoms with E-state index < -0.39 is 41.8 Å². The van der Waals surface area contributed by atoms with Crippen LogP contribution in [0.5, 0.6) is 23.0 Å². The van der Waals surface area contributed by atoms with Crippen molar-refractivity contribution in [2.24, 2.45) is 0 Å². The molecule has 4 aromatic carbocycles. The standard InChI is InChI=1S/C45H48N2O12.C9H18O5/c1-5-9-40(48)58-36-19-11-30(12-20-36)28-38(44(52)55-4)46-42(50)33-17-25-35(26-18-33)57-27-8-7-10-41(49)59-37-21-13-31(14-22-37)29-39(45(53)56-6-2)47-43(51)32-15-23-34(54-3)24-16-32;1-9(10)14-8-7-13-6-5-12-4-3-11-2/h8,11-27,38-39H,5-7,9-10,28-29H2,1-4H3,(H,46,50)(H,47,51);3-8H2,1-2H3/b27-8+;. The predicted octanol–water partition coefficient (Wildman–Crippen LogP) is 6.33. The lowest BCUT2D eigenvalue weighted by molar-refractivity contribution is -0.145. The van der Waals surface area contributed by atoms with Gasteiger partial charge < -0.3 is 58.0 Å². The third-order valence-electron chi connectivity index (χ3n) is 9.93. The molecule has 0 aromatic heterocycles. The number of rotatable bonds is 30. The van der Waals surface area contributed by atoms with Crippen LogP contribution in [-0.4, -0.2) is 121 Å². The Labute approximate surface area is 425 Å². The molecule has 0 spiro atoms. The third-order valence-corrected chi connectivity index (χ3v) is 9.93. The summed E-state index contributed by atoms with van der Waals surface area (Å²) in [6.45, 7) is 8.00. The lowest BCUT2D eigenvalue weighted by Crippen LogP contribution is -2.43. The van der Waals surface area contributed by atoms with Crippen molar-refractivity contribution in [3.05, 3.63) is 132 Å². The van der Waals surface area contributed by atoms with E-state index in [0.29, 0.717) is 98.6 Å². The Morgan fingerprint density at radius 2 is 1.00 bits per heavy atom. The van der Waals surface area contributed by atoms with E-state index in [1.54, 1.807) is 117 Å². The average molecular weight is 1020 g/mol. The van der Waals surface area contributed by atoms with Crippen LogP contribution in [0.1, 0.15) is 78.3 Å². The number of carbonyl (C=O) groups is 7. The SMILES string of the molecule is CCCC(=O)Oc1ccc(CC(NC(=O)c2ccc(O/C=C/CCC(=O)Oc3ccc(CC(NC(=O)c4ccc(OC)cc4)C(=O)OCC)cc3)cc2)C(=O)OC)cc1.COCCOCCOCCOC(C)=O.